The van der Waals surface area contributed by atoms with Crippen LogP contribution in [-0.4, -0.2) is 6.54 Å². The summed E-state index contributed by atoms with van der Waals surface area (Å²) in [7, 11) is 0. The highest BCUT2D eigenvalue weighted by molar-refractivity contribution is 6.30. The van der Waals surface area contributed by atoms with Gasteiger partial charge in [-0.25, -0.2) is 4.39 Å². The van der Waals surface area contributed by atoms with Crippen molar-refractivity contribution in [1.29, 1.82) is 0 Å². The van der Waals surface area contributed by atoms with E-state index in [-0.39, 0.29) is 17.1 Å². The van der Waals surface area contributed by atoms with E-state index in [9.17, 15) is 4.39 Å². The SMILES string of the molecule is CC(NC(CN)c1ccc(Cl)c(F)c1)c1ccccc1. The first-order chi connectivity index (χ1) is 9.61. The predicted octanol–water partition coefficient (Wildman–Crippen LogP) is 3.83. The third kappa shape index (κ3) is 3.57. The summed E-state index contributed by atoms with van der Waals surface area (Å²) in [6.07, 6.45) is 0. The van der Waals surface area contributed by atoms with E-state index in [1.807, 2.05) is 30.3 Å². The van der Waals surface area contributed by atoms with Crippen LogP contribution in [0.4, 0.5) is 4.39 Å². The Morgan fingerprint density at radius 2 is 1.85 bits per heavy atom. The highest BCUT2D eigenvalue weighted by Gasteiger charge is 2.15. The summed E-state index contributed by atoms with van der Waals surface area (Å²) in [5, 5.41) is 3.54. The molecule has 20 heavy (non-hydrogen) atoms. The number of rotatable bonds is 5. The Morgan fingerprint density at radius 3 is 2.45 bits per heavy atom. The van der Waals surface area contributed by atoms with Crippen molar-refractivity contribution in [3.05, 3.63) is 70.5 Å². The van der Waals surface area contributed by atoms with Crippen LogP contribution < -0.4 is 11.1 Å². The highest BCUT2D eigenvalue weighted by Crippen LogP contribution is 2.22. The summed E-state index contributed by atoms with van der Waals surface area (Å²) in [6, 6.07) is 14.9. The second-order valence-electron chi connectivity index (χ2n) is 4.76. The predicted molar refractivity (Wildman–Crippen MR) is 81.2 cm³/mol. The molecule has 0 heterocycles. The second kappa shape index (κ2) is 6.84. The lowest BCUT2D eigenvalue weighted by Crippen LogP contribution is -2.30. The van der Waals surface area contributed by atoms with Crippen LogP contribution >= 0.6 is 11.6 Å². The van der Waals surface area contributed by atoms with Crippen molar-refractivity contribution < 1.29 is 4.39 Å². The lowest BCUT2D eigenvalue weighted by molar-refractivity contribution is 0.471. The van der Waals surface area contributed by atoms with Gasteiger partial charge in [0.15, 0.2) is 0 Å². The fraction of sp³-hybridized carbons (Fsp3) is 0.250. The van der Waals surface area contributed by atoms with Gasteiger partial charge in [0.25, 0.3) is 0 Å². The monoisotopic (exact) mass is 292 g/mol. The van der Waals surface area contributed by atoms with Gasteiger partial charge in [0.1, 0.15) is 5.82 Å². The Bertz CT molecular complexity index is 560. The van der Waals surface area contributed by atoms with Crippen LogP contribution in [-0.2, 0) is 0 Å². The Morgan fingerprint density at radius 1 is 1.15 bits per heavy atom. The quantitative estimate of drug-likeness (QED) is 0.879. The molecule has 2 aromatic carbocycles. The number of halogens is 2. The van der Waals surface area contributed by atoms with E-state index in [2.05, 4.69) is 12.2 Å². The lowest BCUT2D eigenvalue weighted by atomic mass is 10.0. The van der Waals surface area contributed by atoms with Crippen molar-refractivity contribution in [2.45, 2.75) is 19.0 Å². The van der Waals surface area contributed by atoms with Crippen LogP contribution in [0.3, 0.4) is 0 Å². The largest absolute Gasteiger partial charge is 0.329 e. The summed E-state index contributed by atoms with van der Waals surface area (Å²) >= 11 is 5.70. The maximum absolute atomic E-state index is 13.5. The van der Waals surface area contributed by atoms with Gasteiger partial charge in [-0.05, 0) is 30.2 Å². The molecule has 0 saturated carbocycles. The average Bonchev–Trinajstić information content (AvgIpc) is 2.48. The van der Waals surface area contributed by atoms with Gasteiger partial charge in [0, 0.05) is 18.6 Å². The third-order valence-electron chi connectivity index (χ3n) is 3.33. The fourth-order valence-electron chi connectivity index (χ4n) is 2.17. The van der Waals surface area contributed by atoms with E-state index in [1.165, 1.54) is 11.6 Å². The molecule has 0 aliphatic heterocycles. The maximum Gasteiger partial charge on any atom is 0.142 e. The summed E-state index contributed by atoms with van der Waals surface area (Å²) < 4.78 is 13.5. The molecule has 0 radical (unpaired) electrons. The number of nitrogens with two attached hydrogens (primary N) is 1. The highest BCUT2D eigenvalue weighted by atomic mass is 35.5. The normalized spacial score (nSPS) is 14.0. The van der Waals surface area contributed by atoms with Gasteiger partial charge in [-0.15, -0.1) is 0 Å². The molecular formula is C16H18ClFN2. The number of benzene rings is 2. The zero-order valence-corrected chi connectivity index (χ0v) is 12.1. The molecule has 106 valence electrons. The molecule has 2 unspecified atom stereocenters. The van der Waals surface area contributed by atoms with Crippen LogP contribution in [0.15, 0.2) is 48.5 Å². The Kier molecular flexibility index (Phi) is 5.12. The molecule has 2 atom stereocenters. The van der Waals surface area contributed by atoms with Crippen molar-refractivity contribution in [1.82, 2.24) is 5.32 Å². The minimum atomic E-state index is -0.420. The lowest BCUT2D eigenvalue weighted by Gasteiger charge is -2.23. The first-order valence-electron chi connectivity index (χ1n) is 6.58. The van der Waals surface area contributed by atoms with E-state index in [4.69, 9.17) is 17.3 Å². The van der Waals surface area contributed by atoms with E-state index >= 15 is 0 Å². The number of nitrogens with one attached hydrogen (secondary N) is 1. The molecule has 0 aliphatic rings. The molecule has 0 bridgehead atoms. The zero-order valence-electron chi connectivity index (χ0n) is 11.3. The standard InChI is InChI=1S/C16H18ClFN2/c1-11(12-5-3-2-4-6-12)20-16(10-19)13-7-8-14(17)15(18)9-13/h2-9,11,16,20H,10,19H2,1H3. The fourth-order valence-corrected chi connectivity index (χ4v) is 2.29. The summed E-state index contributed by atoms with van der Waals surface area (Å²) in [5.41, 5.74) is 7.77. The van der Waals surface area contributed by atoms with Gasteiger partial charge in [-0.3, -0.25) is 0 Å². The minimum absolute atomic E-state index is 0.114. The van der Waals surface area contributed by atoms with Crippen LogP contribution in [0.2, 0.25) is 5.02 Å². The van der Waals surface area contributed by atoms with Crippen LogP contribution in [0.5, 0.6) is 0 Å². The Balaban J connectivity index is 2.14. The van der Waals surface area contributed by atoms with Crippen molar-refractivity contribution >= 4 is 11.6 Å². The first-order valence-corrected chi connectivity index (χ1v) is 6.95. The summed E-state index contributed by atoms with van der Waals surface area (Å²) in [4.78, 5) is 0. The molecule has 2 rings (SSSR count). The molecule has 0 amide bonds. The van der Waals surface area contributed by atoms with Gasteiger partial charge in [-0.2, -0.15) is 0 Å². The first kappa shape index (κ1) is 15.0. The van der Waals surface area contributed by atoms with Gasteiger partial charge in [0.05, 0.1) is 5.02 Å². The van der Waals surface area contributed by atoms with Crippen LogP contribution in [0.25, 0.3) is 0 Å². The molecule has 2 nitrogen and oxygen atoms in total. The maximum atomic E-state index is 13.5. The Hall–Kier alpha value is -1.42. The van der Waals surface area contributed by atoms with Crippen molar-refractivity contribution in [2.24, 2.45) is 5.73 Å². The van der Waals surface area contributed by atoms with E-state index in [0.717, 1.165) is 5.56 Å². The molecule has 0 saturated heterocycles. The van der Waals surface area contributed by atoms with E-state index in [0.29, 0.717) is 6.54 Å². The van der Waals surface area contributed by atoms with Crippen LogP contribution in [0, 0.1) is 5.82 Å². The van der Waals surface area contributed by atoms with Crippen molar-refractivity contribution in [3.63, 3.8) is 0 Å². The summed E-state index contributed by atoms with van der Waals surface area (Å²) in [5.74, 6) is -0.420. The molecule has 0 fully saturated rings. The topological polar surface area (TPSA) is 38.0 Å². The average molecular weight is 293 g/mol. The number of hydrogen-bond donors (Lipinski definition) is 2. The van der Waals surface area contributed by atoms with Gasteiger partial charge in [0.2, 0.25) is 0 Å². The van der Waals surface area contributed by atoms with Gasteiger partial charge < -0.3 is 11.1 Å². The van der Waals surface area contributed by atoms with Crippen molar-refractivity contribution in [3.8, 4) is 0 Å². The van der Waals surface area contributed by atoms with Crippen LogP contribution in [0.1, 0.15) is 30.1 Å². The molecule has 0 aromatic heterocycles. The molecule has 0 aliphatic carbocycles. The molecule has 4 heteroatoms. The van der Waals surface area contributed by atoms with Gasteiger partial charge >= 0.3 is 0 Å². The second-order valence-corrected chi connectivity index (χ2v) is 5.17. The van der Waals surface area contributed by atoms with E-state index in [1.54, 1.807) is 12.1 Å². The van der Waals surface area contributed by atoms with Crippen molar-refractivity contribution in [2.75, 3.05) is 6.54 Å². The van der Waals surface area contributed by atoms with Gasteiger partial charge in [-0.1, -0.05) is 48.0 Å². The minimum Gasteiger partial charge on any atom is -0.329 e. The smallest absolute Gasteiger partial charge is 0.142 e. The third-order valence-corrected chi connectivity index (χ3v) is 3.64. The zero-order chi connectivity index (χ0) is 14.5. The molecule has 0 spiro atoms. The molecule has 2 aromatic rings. The molecule has 3 N–H and O–H groups in total. The Labute approximate surface area is 123 Å². The number of hydrogen-bond acceptors (Lipinski definition) is 2. The molecular weight excluding hydrogens is 275 g/mol. The summed E-state index contributed by atoms with van der Waals surface area (Å²) in [6.45, 7) is 2.45. The van der Waals surface area contributed by atoms with E-state index < -0.39 is 5.82 Å².